The molecule has 0 N–H and O–H groups in total. The highest BCUT2D eigenvalue weighted by molar-refractivity contribution is 5.77. The van der Waals surface area contributed by atoms with Gasteiger partial charge in [-0.15, -0.1) is 0 Å². The number of carbonyl (C=O) groups is 1. The van der Waals surface area contributed by atoms with Gasteiger partial charge >= 0.3 is 0 Å². The first-order valence-electron chi connectivity index (χ1n) is 6.09. The first-order valence-corrected chi connectivity index (χ1v) is 6.09. The van der Waals surface area contributed by atoms with E-state index in [0.29, 0.717) is 24.4 Å². The van der Waals surface area contributed by atoms with Gasteiger partial charge in [0.15, 0.2) is 0 Å². The molecule has 14 heavy (non-hydrogen) atoms. The molecule has 0 spiro atoms. The molecule has 1 saturated heterocycles. The van der Waals surface area contributed by atoms with Gasteiger partial charge in [-0.3, -0.25) is 4.79 Å². The highest BCUT2D eigenvalue weighted by atomic mass is 16.2. The van der Waals surface area contributed by atoms with Gasteiger partial charge in [-0.05, 0) is 31.6 Å². The summed E-state index contributed by atoms with van der Waals surface area (Å²) in [7, 11) is 0. The molecule has 0 aromatic heterocycles. The lowest BCUT2D eigenvalue weighted by atomic mass is 10.0. The lowest BCUT2D eigenvalue weighted by molar-refractivity contribution is -0.134. The maximum atomic E-state index is 11.9. The summed E-state index contributed by atoms with van der Waals surface area (Å²) >= 11 is 0. The van der Waals surface area contributed by atoms with Crippen molar-refractivity contribution in [2.45, 2.75) is 64.5 Å². The Morgan fingerprint density at radius 1 is 1.36 bits per heavy atom. The van der Waals surface area contributed by atoms with Crippen molar-refractivity contribution in [2.75, 3.05) is 0 Å². The highest BCUT2D eigenvalue weighted by Gasteiger charge is 2.44. The predicted octanol–water partition coefficient (Wildman–Crippen LogP) is 2.58. The van der Waals surface area contributed by atoms with Crippen molar-refractivity contribution in [1.82, 2.24) is 4.90 Å². The third-order valence-corrected chi connectivity index (χ3v) is 4.01. The summed E-state index contributed by atoms with van der Waals surface area (Å²) in [6.45, 7) is 4.19. The molecule has 2 fully saturated rings. The van der Waals surface area contributed by atoms with Gasteiger partial charge in [-0.1, -0.05) is 20.3 Å². The molecule has 0 radical (unpaired) electrons. The smallest absolute Gasteiger partial charge is 0.222 e. The van der Waals surface area contributed by atoms with Gasteiger partial charge in [0.05, 0.1) is 0 Å². The Morgan fingerprint density at radius 3 is 2.79 bits per heavy atom. The molecular weight excluding hydrogens is 174 g/mol. The molecule has 2 nitrogen and oxygen atoms in total. The zero-order valence-corrected chi connectivity index (χ0v) is 9.33. The summed E-state index contributed by atoms with van der Waals surface area (Å²) in [4.78, 5) is 14.1. The zero-order chi connectivity index (χ0) is 10.1. The Bertz CT molecular complexity index is 226. The van der Waals surface area contributed by atoms with E-state index < -0.39 is 0 Å². The Balaban J connectivity index is 2.13. The monoisotopic (exact) mass is 195 g/mol. The quantitative estimate of drug-likeness (QED) is 0.663. The van der Waals surface area contributed by atoms with Crippen LogP contribution >= 0.6 is 0 Å². The van der Waals surface area contributed by atoms with Crippen LogP contribution in [0.2, 0.25) is 0 Å². The molecule has 1 saturated carbocycles. The zero-order valence-electron chi connectivity index (χ0n) is 9.33. The van der Waals surface area contributed by atoms with Crippen molar-refractivity contribution in [3.8, 4) is 0 Å². The van der Waals surface area contributed by atoms with E-state index in [4.69, 9.17) is 0 Å². The first-order chi connectivity index (χ1) is 6.77. The van der Waals surface area contributed by atoms with E-state index in [0.717, 1.165) is 12.3 Å². The van der Waals surface area contributed by atoms with Gasteiger partial charge in [-0.2, -0.15) is 0 Å². The molecule has 1 heterocycles. The van der Waals surface area contributed by atoms with E-state index in [1.54, 1.807) is 0 Å². The standard InChI is InChI=1S/C12H21NO/c1-3-10-8-9-6-5-7-11(9)13(10)12(14)4-2/h9-11H,3-8H2,1-2H3. The van der Waals surface area contributed by atoms with Crippen LogP contribution in [0.5, 0.6) is 0 Å². The number of carbonyl (C=O) groups excluding carboxylic acids is 1. The van der Waals surface area contributed by atoms with Crippen molar-refractivity contribution in [1.29, 1.82) is 0 Å². The topological polar surface area (TPSA) is 20.3 Å². The lowest BCUT2D eigenvalue weighted by Gasteiger charge is -2.29. The number of likely N-dealkylation sites (tertiary alicyclic amines) is 1. The Kier molecular flexibility index (Phi) is 2.80. The molecule has 2 heteroatoms. The van der Waals surface area contributed by atoms with Crippen molar-refractivity contribution in [3.63, 3.8) is 0 Å². The molecule has 1 amide bonds. The van der Waals surface area contributed by atoms with Crippen molar-refractivity contribution >= 4 is 5.91 Å². The fourth-order valence-electron chi connectivity index (χ4n) is 3.33. The van der Waals surface area contributed by atoms with Crippen molar-refractivity contribution in [2.24, 2.45) is 5.92 Å². The van der Waals surface area contributed by atoms with Gasteiger partial charge in [0.25, 0.3) is 0 Å². The third-order valence-electron chi connectivity index (χ3n) is 4.01. The van der Waals surface area contributed by atoms with Crippen LogP contribution in [0.15, 0.2) is 0 Å². The molecule has 1 aliphatic carbocycles. The van der Waals surface area contributed by atoms with Crippen LogP contribution in [-0.2, 0) is 4.79 Å². The molecule has 2 aliphatic rings. The molecule has 1 aliphatic heterocycles. The molecule has 0 aromatic rings. The highest BCUT2D eigenvalue weighted by Crippen LogP contribution is 2.42. The summed E-state index contributed by atoms with van der Waals surface area (Å²) in [6, 6.07) is 1.16. The number of hydrogen-bond donors (Lipinski definition) is 0. The Hall–Kier alpha value is -0.530. The average Bonchev–Trinajstić information content (AvgIpc) is 2.74. The van der Waals surface area contributed by atoms with Crippen LogP contribution in [0.3, 0.4) is 0 Å². The maximum Gasteiger partial charge on any atom is 0.222 e. The second kappa shape index (κ2) is 3.92. The molecule has 80 valence electrons. The average molecular weight is 195 g/mol. The molecule has 3 atom stereocenters. The third kappa shape index (κ3) is 1.45. The predicted molar refractivity (Wildman–Crippen MR) is 57.0 cm³/mol. The number of nitrogens with zero attached hydrogens (tertiary/aromatic N) is 1. The fourth-order valence-corrected chi connectivity index (χ4v) is 3.33. The van der Waals surface area contributed by atoms with Gasteiger partial charge in [0, 0.05) is 18.5 Å². The number of amides is 1. The lowest BCUT2D eigenvalue weighted by Crippen LogP contribution is -2.40. The van der Waals surface area contributed by atoms with Crippen molar-refractivity contribution < 1.29 is 4.79 Å². The van der Waals surface area contributed by atoms with E-state index in [-0.39, 0.29) is 0 Å². The Morgan fingerprint density at radius 2 is 2.14 bits per heavy atom. The second-order valence-electron chi connectivity index (χ2n) is 4.71. The van der Waals surface area contributed by atoms with Crippen LogP contribution in [0, 0.1) is 5.92 Å². The van der Waals surface area contributed by atoms with E-state index in [1.165, 1.54) is 25.7 Å². The summed E-state index contributed by atoms with van der Waals surface area (Å²) in [5.74, 6) is 1.21. The number of fused-ring (bicyclic) bond motifs is 1. The summed E-state index contributed by atoms with van der Waals surface area (Å²) < 4.78 is 0. The number of rotatable bonds is 2. The minimum atomic E-state index is 0.381. The summed E-state index contributed by atoms with van der Waals surface area (Å²) in [5, 5.41) is 0. The Labute approximate surface area is 86.7 Å². The molecule has 0 aromatic carbocycles. The van der Waals surface area contributed by atoms with Crippen LogP contribution in [0.25, 0.3) is 0 Å². The van der Waals surface area contributed by atoms with Crippen molar-refractivity contribution in [3.05, 3.63) is 0 Å². The second-order valence-corrected chi connectivity index (χ2v) is 4.71. The van der Waals surface area contributed by atoms with Crippen LogP contribution in [-0.4, -0.2) is 22.9 Å². The molecule has 0 bridgehead atoms. The maximum absolute atomic E-state index is 11.9. The van der Waals surface area contributed by atoms with Crippen LogP contribution < -0.4 is 0 Å². The van der Waals surface area contributed by atoms with E-state index >= 15 is 0 Å². The molecule has 2 rings (SSSR count). The van der Waals surface area contributed by atoms with Gasteiger partial charge < -0.3 is 4.90 Å². The van der Waals surface area contributed by atoms with E-state index in [1.807, 2.05) is 6.92 Å². The van der Waals surface area contributed by atoms with Gasteiger partial charge in [0.2, 0.25) is 5.91 Å². The van der Waals surface area contributed by atoms with E-state index in [2.05, 4.69) is 11.8 Å². The SMILES string of the molecule is CCC(=O)N1C(CC)CC2CCCC21. The van der Waals surface area contributed by atoms with E-state index in [9.17, 15) is 4.79 Å². The molecular formula is C12H21NO. The number of hydrogen-bond acceptors (Lipinski definition) is 1. The largest absolute Gasteiger partial charge is 0.336 e. The van der Waals surface area contributed by atoms with Gasteiger partial charge in [-0.25, -0.2) is 0 Å². The summed E-state index contributed by atoms with van der Waals surface area (Å²) in [5.41, 5.74) is 0. The first kappa shape index (κ1) is 10.0. The van der Waals surface area contributed by atoms with Crippen LogP contribution in [0.4, 0.5) is 0 Å². The molecule has 3 unspecified atom stereocenters. The van der Waals surface area contributed by atoms with Gasteiger partial charge in [0.1, 0.15) is 0 Å². The van der Waals surface area contributed by atoms with Crippen LogP contribution in [0.1, 0.15) is 52.4 Å². The minimum Gasteiger partial charge on any atom is -0.336 e. The minimum absolute atomic E-state index is 0.381. The normalized spacial score (nSPS) is 36.1. The summed E-state index contributed by atoms with van der Waals surface area (Å²) in [6.07, 6.45) is 7.03. The fraction of sp³-hybridized carbons (Fsp3) is 0.917.